The maximum absolute atomic E-state index is 14.6. The minimum absolute atomic E-state index is 0.0369. The number of carbonyl (C=O) groups is 2. The molecular formula is C30H27ClFN3O2. The third-order valence-electron chi connectivity index (χ3n) is 6.06. The lowest BCUT2D eigenvalue weighted by Crippen LogP contribution is -2.42. The molecule has 0 saturated heterocycles. The van der Waals surface area contributed by atoms with Crippen LogP contribution in [0.15, 0.2) is 85.1 Å². The van der Waals surface area contributed by atoms with Gasteiger partial charge in [0, 0.05) is 23.3 Å². The fraction of sp³-hybridized carbons (Fsp3) is 0.167. The summed E-state index contributed by atoms with van der Waals surface area (Å²) in [5.74, 6) is -1.58. The Morgan fingerprint density at radius 2 is 1.62 bits per heavy atom. The second-order valence-corrected chi connectivity index (χ2v) is 9.40. The second kappa shape index (κ2) is 11.4. The molecule has 0 radical (unpaired) electrons. The SMILES string of the molecule is Cc1cc(C)c(C(=O)N(Cc2ccccc2)C(C(=O)Nc2ccc(Cl)cc2F)c2ccccn2)c(C)c1. The van der Waals surface area contributed by atoms with Crippen molar-refractivity contribution in [2.24, 2.45) is 0 Å². The average Bonchev–Trinajstić information content (AvgIpc) is 2.86. The van der Waals surface area contributed by atoms with Gasteiger partial charge in [0.2, 0.25) is 0 Å². The van der Waals surface area contributed by atoms with Crippen molar-refractivity contribution in [3.05, 3.63) is 129 Å². The summed E-state index contributed by atoms with van der Waals surface area (Å²) in [6.07, 6.45) is 1.56. The molecular weight excluding hydrogens is 489 g/mol. The maximum Gasteiger partial charge on any atom is 0.255 e. The van der Waals surface area contributed by atoms with Crippen LogP contribution < -0.4 is 5.32 Å². The Bertz CT molecular complexity index is 1400. The first-order valence-corrected chi connectivity index (χ1v) is 12.2. The molecule has 0 aliphatic rings. The molecule has 3 aromatic carbocycles. The molecule has 0 saturated carbocycles. The number of rotatable bonds is 7. The molecule has 0 aliphatic heterocycles. The van der Waals surface area contributed by atoms with Crippen LogP contribution in [0.1, 0.15) is 44.3 Å². The summed E-state index contributed by atoms with van der Waals surface area (Å²) in [6, 6.07) is 21.3. The summed E-state index contributed by atoms with van der Waals surface area (Å²) in [4.78, 5) is 33.9. The van der Waals surface area contributed by atoms with E-state index in [9.17, 15) is 14.0 Å². The first kappa shape index (κ1) is 26.0. The molecule has 37 heavy (non-hydrogen) atoms. The van der Waals surface area contributed by atoms with Crippen molar-refractivity contribution < 1.29 is 14.0 Å². The van der Waals surface area contributed by atoms with Crippen molar-refractivity contribution in [2.45, 2.75) is 33.4 Å². The number of nitrogens with zero attached hydrogens (tertiary/aromatic N) is 2. The molecule has 5 nitrogen and oxygen atoms in total. The van der Waals surface area contributed by atoms with Crippen LogP contribution in [-0.4, -0.2) is 21.7 Å². The summed E-state index contributed by atoms with van der Waals surface area (Å²) >= 11 is 5.89. The lowest BCUT2D eigenvalue weighted by molar-refractivity contribution is -0.121. The van der Waals surface area contributed by atoms with Crippen molar-refractivity contribution in [2.75, 3.05) is 5.32 Å². The monoisotopic (exact) mass is 515 g/mol. The quantitative estimate of drug-likeness (QED) is 0.293. The molecule has 0 spiro atoms. The van der Waals surface area contributed by atoms with Crippen LogP contribution in [0.25, 0.3) is 0 Å². The van der Waals surface area contributed by atoms with Gasteiger partial charge in [-0.3, -0.25) is 14.6 Å². The molecule has 1 unspecified atom stereocenters. The van der Waals surface area contributed by atoms with E-state index in [1.54, 1.807) is 24.4 Å². The summed E-state index contributed by atoms with van der Waals surface area (Å²) in [5, 5.41) is 2.85. The van der Waals surface area contributed by atoms with Crippen molar-refractivity contribution >= 4 is 29.1 Å². The predicted octanol–water partition coefficient (Wildman–Crippen LogP) is 6.82. The van der Waals surface area contributed by atoms with Gasteiger partial charge in [0.25, 0.3) is 11.8 Å². The number of nitrogens with one attached hydrogen (secondary N) is 1. The van der Waals surface area contributed by atoms with Gasteiger partial charge in [-0.1, -0.05) is 65.7 Å². The van der Waals surface area contributed by atoms with Crippen molar-refractivity contribution in [1.82, 2.24) is 9.88 Å². The average molecular weight is 516 g/mol. The normalized spacial score (nSPS) is 11.6. The van der Waals surface area contributed by atoms with Crippen molar-refractivity contribution in [3.63, 3.8) is 0 Å². The highest BCUT2D eigenvalue weighted by molar-refractivity contribution is 6.30. The third-order valence-corrected chi connectivity index (χ3v) is 6.30. The van der Waals surface area contributed by atoms with Gasteiger partial charge in [-0.15, -0.1) is 0 Å². The number of pyridine rings is 1. The Hall–Kier alpha value is -4.03. The summed E-state index contributed by atoms with van der Waals surface area (Å²) < 4.78 is 14.6. The number of carbonyl (C=O) groups excluding carboxylic acids is 2. The van der Waals surface area contributed by atoms with Crippen LogP contribution in [0.5, 0.6) is 0 Å². The van der Waals surface area contributed by atoms with E-state index in [-0.39, 0.29) is 23.2 Å². The van der Waals surface area contributed by atoms with E-state index >= 15 is 0 Å². The van der Waals surface area contributed by atoms with Gasteiger partial charge in [0.15, 0.2) is 6.04 Å². The molecule has 1 heterocycles. The van der Waals surface area contributed by atoms with Crippen LogP contribution in [0, 0.1) is 26.6 Å². The molecule has 0 fully saturated rings. The largest absolute Gasteiger partial charge is 0.321 e. The summed E-state index contributed by atoms with van der Waals surface area (Å²) in [7, 11) is 0. The Labute approximate surface area is 220 Å². The molecule has 0 bridgehead atoms. The highest BCUT2D eigenvalue weighted by Gasteiger charge is 2.34. The first-order valence-electron chi connectivity index (χ1n) is 11.8. The smallest absolute Gasteiger partial charge is 0.255 e. The number of hydrogen-bond donors (Lipinski definition) is 1. The third kappa shape index (κ3) is 6.04. The van der Waals surface area contributed by atoms with Gasteiger partial charge in [0.1, 0.15) is 5.82 Å². The molecule has 1 N–H and O–H groups in total. The molecule has 4 aromatic rings. The van der Waals surface area contributed by atoms with Gasteiger partial charge >= 0.3 is 0 Å². The Morgan fingerprint density at radius 1 is 0.946 bits per heavy atom. The second-order valence-electron chi connectivity index (χ2n) is 8.96. The Morgan fingerprint density at radius 3 is 2.24 bits per heavy atom. The van der Waals surface area contributed by atoms with Gasteiger partial charge in [-0.2, -0.15) is 0 Å². The van der Waals surface area contributed by atoms with E-state index in [0.717, 1.165) is 28.3 Å². The highest BCUT2D eigenvalue weighted by Crippen LogP contribution is 2.29. The van der Waals surface area contributed by atoms with E-state index in [1.807, 2.05) is 63.2 Å². The molecule has 4 rings (SSSR count). The Kier molecular flexibility index (Phi) is 7.99. The van der Waals surface area contributed by atoms with E-state index in [2.05, 4.69) is 10.3 Å². The summed E-state index contributed by atoms with van der Waals surface area (Å²) in [5.41, 5.74) is 4.34. The van der Waals surface area contributed by atoms with Gasteiger partial charge in [-0.25, -0.2) is 4.39 Å². The summed E-state index contributed by atoms with van der Waals surface area (Å²) in [6.45, 7) is 5.88. The number of aryl methyl sites for hydroxylation is 3. The van der Waals surface area contributed by atoms with Crippen LogP contribution in [0.4, 0.5) is 10.1 Å². The first-order chi connectivity index (χ1) is 17.7. The lowest BCUT2D eigenvalue weighted by Gasteiger charge is -2.32. The molecule has 2 amide bonds. The van der Waals surface area contributed by atoms with Crippen LogP contribution in [0.2, 0.25) is 5.02 Å². The Balaban J connectivity index is 1.83. The zero-order valence-corrected chi connectivity index (χ0v) is 21.6. The predicted molar refractivity (Wildman–Crippen MR) is 144 cm³/mol. The number of benzene rings is 3. The van der Waals surface area contributed by atoms with E-state index < -0.39 is 17.8 Å². The minimum atomic E-state index is -1.14. The zero-order chi connectivity index (χ0) is 26.5. The fourth-order valence-corrected chi connectivity index (χ4v) is 4.65. The van der Waals surface area contributed by atoms with Gasteiger partial charge in [-0.05, 0) is 67.8 Å². The zero-order valence-electron chi connectivity index (χ0n) is 20.8. The lowest BCUT2D eigenvalue weighted by atomic mass is 9.97. The number of halogens is 2. The number of amides is 2. The van der Waals surface area contributed by atoms with Crippen LogP contribution in [0.3, 0.4) is 0 Å². The molecule has 188 valence electrons. The number of hydrogen-bond acceptors (Lipinski definition) is 3. The fourth-order valence-electron chi connectivity index (χ4n) is 4.49. The molecule has 0 aliphatic carbocycles. The minimum Gasteiger partial charge on any atom is -0.321 e. The van der Waals surface area contributed by atoms with Crippen molar-refractivity contribution in [1.29, 1.82) is 0 Å². The van der Waals surface area contributed by atoms with Crippen LogP contribution >= 0.6 is 11.6 Å². The maximum atomic E-state index is 14.6. The van der Waals surface area contributed by atoms with Crippen molar-refractivity contribution in [3.8, 4) is 0 Å². The standard InChI is InChI=1S/C30H27ClFN3O2/c1-19-15-20(2)27(21(3)16-19)30(37)35(18-22-9-5-4-6-10-22)28(26-11-7-8-14-33-26)29(36)34-25-13-12-23(31)17-24(25)32/h4-17,28H,18H2,1-3H3,(H,34,36). The van der Waals surface area contributed by atoms with E-state index in [0.29, 0.717) is 11.3 Å². The van der Waals surface area contributed by atoms with Gasteiger partial charge < -0.3 is 10.2 Å². The van der Waals surface area contributed by atoms with Crippen LogP contribution in [-0.2, 0) is 11.3 Å². The molecule has 1 aromatic heterocycles. The highest BCUT2D eigenvalue weighted by atomic mass is 35.5. The molecule has 7 heteroatoms. The van der Waals surface area contributed by atoms with E-state index in [4.69, 9.17) is 11.6 Å². The molecule has 1 atom stereocenters. The van der Waals surface area contributed by atoms with E-state index in [1.165, 1.54) is 17.0 Å². The topological polar surface area (TPSA) is 62.3 Å². The number of anilines is 1. The number of aromatic nitrogens is 1. The van der Waals surface area contributed by atoms with Gasteiger partial charge in [0.05, 0.1) is 11.4 Å².